The van der Waals surface area contributed by atoms with Crippen molar-refractivity contribution in [3.63, 3.8) is 0 Å². The van der Waals surface area contributed by atoms with Crippen LogP contribution in [0, 0.1) is 5.82 Å². The molecule has 2 aromatic rings. The van der Waals surface area contributed by atoms with Gasteiger partial charge in [-0.05, 0) is 23.8 Å². The smallest absolute Gasteiger partial charge is 0.382 e. The van der Waals surface area contributed by atoms with Crippen LogP contribution >= 0.6 is 0 Å². The van der Waals surface area contributed by atoms with Crippen LogP contribution < -0.4 is 4.90 Å². The van der Waals surface area contributed by atoms with Gasteiger partial charge in [0.05, 0.1) is 6.54 Å². The Kier molecular flexibility index (Phi) is 5.03. The number of hydrogen-bond acceptors (Lipinski definition) is 2. The van der Waals surface area contributed by atoms with E-state index in [2.05, 4.69) is 0 Å². The van der Waals surface area contributed by atoms with Crippen molar-refractivity contribution in [1.82, 2.24) is 0 Å². The summed E-state index contributed by atoms with van der Waals surface area (Å²) < 4.78 is 51.1. The fourth-order valence-electron chi connectivity index (χ4n) is 2.05. The van der Waals surface area contributed by atoms with Crippen LogP contribution in [0.4, 0.5) is 23.2 Å². The van der Waals surface area contributed by atoms with Crippen LogP contribution in [0.1, 0.15) is 5.56 Å². The van der Waals surface area contributed by atoms with Gasteiger partial charge in [0.25, 0.3) is 0 Å². The molecule has 0 spiro atoms. The van der Waals surface area contributed by atoms with Gasteiger partial charge in [0.1, 0.15) is 5.82 Å². The highest BCUT2D eigenvalue weighted by atomic mass is 19.4. The zero-order valence-electron chi connectivity index (χ0n) is 11.6. The standard InChI is InChI=1S/C16H15F4NO/c17-13-7-4-8-14(9-13)21(11-15(22)16(18,19)20)10-12-5-2-1-3-6-12/h1-9,15,22H,10-11H2/t15-/m1/s1. The molecule has 0 aliphatic heterocycles. The number of hydrogen-bond donors (Lipinski definition) is 1. The Labute approximate surface area is 125 Å². The van der Waals surface area contributed by atoms with E-state index in [0.717, 1.165) is 11.6 Å². The highest BCUT2D eigenvalue weighted by Gasteiger charge is 2.39. The Morgan fingerprint density at radius 3 is 2.27 bits per heavy atom. The van der Waals surface area contributed by atoms with Gasteiger partial charge in [-0.1, -0.05) is 36.4 Å². The van der Waals surface area contributed by atoms with Crippen LogP contribution in [0.15, 0.2) is 54.6 Å². The van der Waals surface area contributed by atoms with E-state index in [-0.39, 0.29) is 12.2 Å². The molecule has 0 heterocycles. The first kappa shape index (κ1) is 16.3. The fraction of sp³-hybridized carbons (Fsp3) is 0.250. The minimum absolute atomic E-state index is 0.136. The quantitative estimate of drug-likeness (QED) is 0.850. The summed E-state index contributed by atoms with van der Waals surface area (Å²) in [6, 6.07) is 14.1. The average Bonchev–Trinajstić information content (AvgIpc) is 2.46. The molecule has 0 aromatic heterocycles. The second kappa shape index (κ2) is 6.79. The Balaban J connectivity index is 2.24. The third-order valence-corrected chi connectivity index (χ3v) is 3.16. The molecule has 1 N–H and O–H groups in total. The Morgan fingerprint density at radius 2 is 1.68 bits per heavy atom. The van der Waals surface area contributed by atoms with E-state index in [0.29, 0.717) is 0 Å². The highest BCUT2D eigenvalue weighted by Crippen LogP contribution is 2.25. The average molecular weight is 313 g/mol. The maximum absolute atomic E-state index is 13.3. The summed E-state index contributed by atoms with van der Waals surface area (Å²) in [6.45, 7) is -0.528. The van der Waals surface area contributed by atoms with E-state index in [9.17, 15) is 22.7 Å². The molecule has 6 heteroatoms. The number of anilines is 1. The first-order valence-electron chi connectivity index (χ1n) is 6.65. The third-order valence-electron chi connectivity index (χ3n) is 3.16. The van der Waals surface area contributed by atoms with E-state index >= 15 is 0 Å². The van der Waals surface area contributed by atoms with Crippen LogP contribution in [-0.4, -0.2) is 23.9 Å². The molecular weight excluding hydrogens is 298 g/mol. The maximum Gasteiger partial charge on any atom is 0.416 e. The zero-order chi connectivity index (χ0) is 16.2. The highest BCUT2D eigenvalue weighted by molar-refractivity contribution is 5.47. The minimum Gasteiger partial charge on any atom is -0.382 e. The Morgan fingerprint density at radius 1 is 1.00 bits per heavy atom. The monoisotopic (exact) mass is 313 g/mol. The normalized spacial score (nSPS) is 13.0. The number of benzene rings is 2. The second-order valence-corrected chi connectivity index (χ2v) is 4.90. The lowest BCUT2D eigenvalue weighted by molar-refractivity contribution is -0.200. The van der Waals surface area contributed by atoms with Crippen LogP contribution in [-0.2, 0) is 6.54 Å². The summed E-state index contributed by atoms with van der Waals surface area (Å²) in [5, 5.41) is 9.30. The van der Waals surface area contributed by atoms with Gasteiger partial charge in [0, 0.05) is 12.2 Å². The predicted molar refractivity (Wildman–Crippen MR) is 76.0 cm³/mol. The van der Waals surface area contributed by atoms with Crippen molar-refractivity contribution in [2.75, 3.05) is 11.4 Å². The molecule has 0 radical (unpaired) electrons. The summed E-state index contributed by atoms with van der Waals surface area (Å²) in [5.41, 5.74) is 1.05. The lowest BCUT2D eigenvalue weighted by atomic mass is 10.1. The molecule has 2 aromatic carbocycles. The molecule has 0 bridgehead atoms. The molecule has 2 rings (SSSR count). The van der Waals surface area contributed by atoms with E-state index in [1.165, 1.54) is 23.1 Å². The number of aliphatic hydroxyl groups excluding tert-OH is 1. The summed E-state index contributed by atoms with van der Waals surface area (Å²) in [7, 11) is 0. The molecule has 0 fully saturated rings. The minimum atomic E-state index is -4.72. The van der Waals surface area contributed by atoms with Crippen LogP contribution in [0.3, 0.4) is 0 Å². The van der Waals surface area contributed by atoms with Gasteiger partial charge in [-0.25, -0.2) is 4.39 Å². The van der Waals surface area contributed by atoms with E-state index in [1.54, 1.807) is 30.3 Å². The summed E-state index contributed by atoms with van der Waals surface area (Å²) >= 11 is 0. The van der Waals surface area contributed by atoms with E-state index in [1.807, 2.05) is 0 Å². The van der Waals surface area contributed by atoms with Crippen molar-refractivity contribution in [2.24, 2.45) is 0 Å². The Hall–Kier alpha value is -2.08. The predicted octanol–water partition coefficient (Wildman–Crippen LogP) is 3.76. The summed E-state index contributed by atoms with van der Waals surface area (Å²) in [5.74, 6) is -0.544. The number of nitrogens with zero attached hydrogens (tertiary/aromatic N) is 1. The molecule has 0 unspecified atom stereocenters. The number of rotatable bonds is 5. The molecule has 0 amide bonds. The van der Waals surface area contributed by atoms with Crippen LogP contribution in [0.25, 0.3) is 0 Å². The topological polar surface area (TPSA) is 23.5 Å². The van der Waals surface area contributed by atoms with Crippen molar-refractivity contribution in [1.29, 1.82) is 0 Å². The molecule has 0 aliphatic carbocycles. The molecule has 118 valence electrons. The number of alkyl halides is 3. The van der Waals surface area contributed by atoms with Gasteiger partial charge in [-0.2, -0.15) is 13.2 Å². The fourth-order valence-corrected chi connectivity index (χ4v) is 2.05. The molecule has 0 aliphatic rings. The number of aliphatic hydroxyl groups is 1. The van der Waals surface area contributed by atoms with Crippen molar-refractivity contribution in [3.8, 4) is 0 Å². The van der Waals surface area contributed by atoms with Gasteiger partial charge in [0.2, 0.25) is 0 Å². The summed E-state index contributed by atoms with van der Waals surface area (Å²) in [4.78, 5) is 1.30. The number of halogens is 4. The first-order valence-corrected chi connectivity index (χ1v) is 6.65. The zero-order valence-corrected chi connectivity index (χ0v) is 11.6. The van der Waals surface area contributed by atoms with Gasteiger partial charge in [0.15, 0.2) is 6.10 Å². The summed E-state index contributed by atoms with van der Waals surface area (Å²) in [6.07, 6.45) is -7.22. The first-order chi connectivity index (χ1) is 10.4. The van der Waals surface area contributed by atoms with E-state index < -0.39 is 24.6 Å². The van der Waals surface area contributed by atoms with E-state index in [4.69, 9.17) is 0 Å². The second-order valence-electron chi connectivity index (χ2n) is 4.90. The van der Waals surface area contributed by atoms with Gasteiger partial charge < -0.3 is 10.0 Å². The molecule has 0 saturated heterocycles. The van der Waals surface area contributed by atoms with Gasteiger partial charge >= 0.3 is 6.18 Å². The van der Waals surface area contributed by atoms with Crippen LogP contribution in [0.2, 0.25) is 0 Å². The van der Waals surface area contributed by atoms with Crippen molar-refractivity contribution in [3.05, 3.63) is 66.0 Å². The van der Waals surface area contributed by atoms with Gasteiger partial charge in [-0.3, -0.25) is 0 Å². The SMILES string of the molecule is O[C@H](CN(Cc1ccccc1)c1cccc(F)c1)C(F)(F)F. The van der Waals surface area contributed by atoms with Crippen molar-refractivity contribution >= 4 is 5.69 Å². The molecular formula is C16H15F4NO. The third kappa shape index (κ3) is 4.46. The maximum atomic E-state index is 13.3. The largest absolute Gasteiger partial charge is 0.416 e. The molecule has 0 saturated carbocycles. The van der Waals surface area contributed by atoms with Gasteiger partial charge in [-0.15, -0.1) is 0 Å². The van der Waals surface area contributed by atoms with Crippen molar-refractivity contribution in [2.45, 2.75) is 18.8 Å². The lowest BCUT2D eigenvalue weighted by Crippen LogP contribution is -2.40. The Bertz CT molecular complexity index is 601. The van der Waals surface area contributed by atoms with Crippen molar-refractivity contribution < 1.29 is 22.7 Å². The van der Waals surface area contributed by atoms with Crippen LogP contribution in [0.5, 0.6) is 0 Å². The lowest BCUT2D eigenvalue weighted by Gasteiger charge is -2.28. The molecule has 1 atom stereocenters. The molecule has 2 nitrogen and oxygen atoms in total. The molecule has 22 heavy (non-hydrogen) atoms.